The van der Waals surface area contributed by atoms with Crippen LogP contribution in [0.25, 0.3) is 16.6 Å². The van der Waals surface area contributed by atoms with E-state index >= 15 is 0 Å². The predicted octanol–water partition coefficient (Wildman–Crippen LogP) is 1.79. The Balaban J connectivity index is 1.87. The van der Waals surface area contributed by atoms with Crippen molar-refractivity contribution in [3.63, 3.8) is 0 Å². The number of benzene rings is 2. The van der Waals surface area contributed by atoms with Crippen LogP contribution in [-0.4, -0.2) is 51.8 Å². The Hall–Kier alpha value is -3.34. The van der Waals surface area contributed by atoms with Crippen LogP contribution in [0.1, 0.15) is 10.4 Å². The molecule has 0 atom stereocenters. The smallest absolute Gasteiger partial charge is 0.341 e. The first-order chi connectivity index (χ1) is 14.3. The van der Waals surface area contributed by atoms with E-state index in [2.05, 4.69) is 5.43 Å². The van der Waals surface area contributed by atoms with E-state index in [1.54, 1.807) is 10.0 Å². The van der Waals surface area contributed by atoms with Crippen molar-refractivity contribution >= 4 is 22.6 Å². The van der Waals surface area contributed by atoms with Crippen LogP contribution in [0.3, 0.4) is 0 Å². The van der Waals surface area contributed by atoms with Crippen LogP contribution < -0.4 is 16.7 Å². The van der Waals surface area contributed by atoms with Gasteiger partial charge in [-0.05, 0) is 36.4 Å². The van der Waals surface area contributed by atoms with Gasteiger partial charge in [-0.25, -0.2) is 23.6 Å². The molecule has 0 aliphatic carbocycles. The van der Waals surface area contributed by atoms with E-state index in [4.69, 9.17) is 5.84 Å². The van der Waals surface area contributed by atoms with Crippen molar-refractivity contribution in [2.45, 2.75) is 0 Å². The summed E-state index contributed by atoms with van der Waals surface area (Å²) in [6.45, 7) is 2.34. The molecule has 0 bridgehead atoms. The van der Waals surface area contributed by atoms with E-state index < -0.39 is 28.6 Å². The molecule has 10 heteroatoms. The van der Waals surface area contributed by atoms with Gasteiger partial charge in [-0.2, -0.15) is 0 Å². The number of fused-ring (bicyclic) bond motifs is 1. The van der Waals surface area contributed by atoms with Crippen LogP contribution in [0, 0.1) is 11.6 Å². The Morgan fingerprint density at radius 1 is 1.07 bits per heavy atom. The minimum atomic E-state index is -1.43. The van der Waals surface area contributed by atoms with Gasteiger partial charge in [-0.1, -0.05) is 0 Å². The number of hydrazine groups is 2. The average molecular weight is 415 g/mol. The Labute approximate surface area is 169 Å². The molecule has 1 fully saturated rings. The van der Waals surface area contributed by atoms with Gasteiger partial charge in [0, 0.05) is 43.4 Å². The molecule has 0 unspecified atom stereocenters. The number of rotatable bonds is 4. The maximum Gasteiger partial charge on any atom is 0.341 e. The van der Waals surface area contributed by atoms with E-state index in [0.717, 1.165) is 12.3 Å². The number of carboxylic acids is 1. The van der Waals surface area contributed by atoms with Gasteiger partial charge in [0.05, 0.1) is 11.2 Å². The third-order valence-electron chi connectivity index (χ3n) is 5.02. The SMILES string of the molecule is NN1CCN(Nc2cc3c(cc2F)c(=O)c(C(=O)O)cn3-c2ccc(F)cc2)CC1. The molecule has 1 aliphatic heterocycles. The highest BCUT2D eigenvalue weighted by Crippen LogP contribution is 2.25. The molecule has 2 aromatic carbocycles. The first kappa shape index (κ1) is 20.0. The fourth-order valence-electron chi connectivity index (χ4n) is 3.40. The number of halogens is 2. The molecule has 156 valence electrons. The maximum atomic E-state index is 14.8. The van der Waals surface area contributed by atoms with Crippen molar-refractivity contribution in [1.29, 1.82) is 0 Å². The molecular formula is C20H19F2N5O3. The average Bonchev–Trinajstić information content (AvgIpc) is 2.72. The predicted molar refractivity (Wildman–Crippen MR) is 107 cm³/mol. The van der Waals surface area contributed by atoms with Crippen LogP contribution in [0.2, 0.25) is 0 Å². The van der Waals surface area contributed by atoms with Crippen molar-refractivity contribution in [1.82, 2.24) is 14.6 Å². The molecule has 0 spiro atoms. The topological polar surface area (TPSA) is 104 Å². The van der Waals surface area contributed by atoms with Gasteiger partial charge in [0.25, 0.3) is 0 Å². The fourth-order valence-corrected chi connectivity index (χ4v) is 3.40. The number of nitrogens with zero attached hydrogens (tertiary/aromatic N) is 3. The van der Waals surface area contributed by atoms with Crippen molar-refractivity contribution in [3.8, 4) is 5.69 Å². The molecule has 4 rings (SSSR count). The first-order valence-electron chi connectivity index (χ1n) is 9.23. The van der Waals surface area contributed by atoms with E-state index in [0.29, 0.717) is 31.9 Å². The quantitative estimate of drug-likeness (QED) is 0.558. The highest BCUT2D eigenvalue weighted by atomic mass is 19.1. The van der Waals surface area contributed by atoms with Gasteiger partial charge in [0.2, 0.25) is 5.43 Å². The summed E-state index contributed by atoms with van der Waals surface area (Å²) >= 11 is 0. The Morgan fingerprint density at radius 3 is 2.37 bits per heavy atom. The van der Waals surface area contributed by atoms with Gasteiger partial charge in [0.15, 0.2) is 0 Å². The molecule has 3 aromatic rings. The minimum Gasteiger partial charge on any atom is -0.477 e. The normalized spacial score (nSPS) is 15.4. The number of aromatic carboxylic acids is 1. The lowest BCUT2D eigenvalue weighted by molar-refractivity contribution is 0.0695. The summed E-state index contributed by atoms with van der Waals surface area (Å²) in [5, 5.41) is 12.8. The fraction of sp³-hybridized carbons (Fsp3) is 0.200. The van der Waals surface area contributed by atoms with Crippen LogP contribution >= 0.6 is 0 Å². The Kier molecular flexibility index (Phi) is 5.20. The number of anilines is 1. The number of piperazine rings is 1. The maximum absolute atomic E-state index is 14.8. The van der Waals surface area contributed by atoms with Gasteiger partial charge in [-0.3, -0.25) is 10.6 Å². The summed E-state index contributed by atoms with van der Waals surface area (Å²) in [4.78, 5) is 24.2. The zero-order chi connectivity index (χ0) is 21.4. The molecule has 30 heavy (non-hydrogen) atoms. The molecule has 0 radical (unpaired) electrons. The summed E-state index contributed by atoms with van der Waals surface area (Å²) in [5.41, 5.74) is 2.54. The number of nitrogens with two attached hydrogens (primary N) is 1. The van der Waals surface area contributed by atoms with Gasteiger partial charge in [0.1, 0.15) is 17.2 Å². The standard InChI is InChI=1S/C20H19F2N5O3/c21-12-1-3-13(4-2-12)27-11-15(20(29)30)19(28)14-9-16(22)17(10-18(14)27)24-26-7-5-25(23)6-8-26/h1-4,9-11,24H,5-8,23H2,(H,29,30). The minimum absolute atomic E-state index is 0.0888. The molecule has 0 saturated carbocycles. The molecule has 0 amide bonds. The van der Waals surface area contributed by atoms with Crippen LogP contribution in [0.4, 0.5) is 14.5 Å². The summed E-state index contributed by atoms with van der Waals surface area (Å²) in [5.74, 6) is 3.15. The summed E-state index contributed by atoms with van der Waals surface area (Å²) in [7, 11) is 0. The third-order valence-corrected chi connectivity index (χ3v) is 5.02. The second-order valence-corrected chi connectivity index (χ2v) is 7.01. The van der Waals surface area contributed by atoms with E-state index in [1.165, 1.54) is 34.9 Å². The number of carboxylic acid groups (broad SMARTS) is 1. The molecule has 4 N–H and O–H groups in total. The number of aromatic nitrogens is 1. The van der Waals surface area contributed by atoms with Gasteiger partial charge < -0.3 is 15.1 Å². The molecule has 1 aromatic heterocycles. The zero-order valence-electron chi connectivity index (χ0n) is 15.8. The van der Waals surface area contributed by atoms with E-state index in [9.17, 15) is 23.5 Å². The molecule has 1 saturated heterocycles. The van der Waals surface area contributed by atoms with Crippen molar-refractivity contribution in [2.24, 2.45) is 5.84 Å². The lowest BCUT2D eigenvalue weighted by Gasteiger charge is -2.32. The number of hydrogen-bond donors (Lipinski definition) is 3. The number of hydrogen-bond acceptors (Lipinski definition) is 6. The molecule has 8 nitrogen and oxygen atoms in total. The highest BCUT2D eigenvalue weighted by Gasteiger charge is 2.20. The lowest BCUT2D eigenvalue weighted by Crippen LogP contribution is -2.51. The van der Waals surface area contributed by atoms with Gasteiger partial charge >= 0.3 is 5.97 Å². The molecule has 1 aliphatic rings. The molecule has 2 heterocycles. The van der Waals surface area contributed by atoms with Gasteiger partial charge in [-0.15, -0.1) is 0 Å². The summed E-state index contributed by atoms with van der Waals surface area (Å²) in [6.07, 6.45) is 1.16. The second-order valence-electron chi connectivity index (χ2n) is 7.01. The number of pyridine rings is 1. The summed E-state index contributed by atoms with van der Waals surface area (Å²) < 4.78 is 29.6. The largest absolute Gasteiger partial charge is 0.477 e. The monoisotopic (exact) mass is 415 g/mol. The van der Waals surface area contributed by atoms with Crippen LogP contribution in [0.15, 0.2) is 47.4 Å². The van der Waals surface area contributed by atoms with E-state index in [-0.39, 0.29) is 16.6 Å². The lowest BCUT2D eigenvalue weighted by atomic mass is 10.1. The van der Waals surface area contributed by atoms with E-state index in [1.807, 2.05) is 0 Å². The third kappa shape index (κ3) is 3.75. The van der Waals surface area contributed by atoms with Crippen LogP contribution in [-0.2, 0) is 0 Å². The van der Waals surface area contributed by atoms with Crippen molar-refractivity contribution < 1.29 is 18.7 Å². The van der Waals surface area contributed by atoms with Crippen molar-refractivity contribution in [3.05, 3.63) is 70.0 Å². The highest BCUT2D eigenvalue weighted by molar-refractivity contribution is 5.94. The van der Waals surface area contributed by atoms with Crippen molar-refractivity contribution in [2.75, 3.05) is 31.6 Å². The zero-order valence-corrected chi connectivity index (χ0v) is 15.8. The Bertz CT molecular complexity index is 1170. The Morgan fingerprint density at radius 2 is 1.73 bits per heavy atom. The van der Waals surface area contributed by atoms with Crippen LogP contribution in [0.5, 0.6) is 0 Å². The first-order valence-corrected chi connectivity index (χ1v) is 9.23. The number of nitrogens with one attached hydrogen (secondary N) is 1. The molecular weight excluding hydrogens is 396 g/mol. The summed E-state index contributed by atoms with van der Waals surface area (Å²) in [6, 6.07) is 7.79. The second kappa shape index (κ2) is 7.82. The number of carbonyl (C=O) groups is 1.